The van der Waals surface area contributed by atoms with Crippen molar-refractivity contribution in [2.24, 2.45) is 7.05 Å². The molecule has 90 valence electrons. The van der Waals surface area contributed by atoms with Gasteiger partial charge in [0.05, 0.1) is 16.1 Å². The monoisotopic (exact) mass is 270 g/mol. The van der Waals surface area contributed by atoms with Crippen molar-refractivity contribution in [2.45, 2.75) is 6.04 Å². The highest BCUT2D eigenvalue weighted by atomic mass is 35.5. The molecule has 0 fully saturated rings. The van der Waals surface area contributed by atoms with E-state index in [9.17, 15) is 0 Å². The Morgan fingerprint density at radius 3 is 2.59 bits per heavy atom. The average Bonchev–Trinajstić information content (AvgIpc) is 2.71. The lowest BCUT2D eigenvalue weighted by Crippen LogP contribution is -2.21. The van der Waals surface area contributed by atoms with Crippen molar-refractivity contribution >= 4 is 23.2 Å². The standard InChI is InChI=1S/C11H12Cl2N4/c1-14-10(11-15-6-16-17(11)2)7-3-4-8(12)9(13)5-7/h3-6,10,14H,1-2H3. The van der Waals surface area contributed by atoms with Gasteiger partial charge in [0.2, 0.25) is 0 Å². The summed E-state index contributed by atoms with van der Waals surface area (Å²) in [5.74, 6) is 0.825. The number of aromatic nitrogens is 3. The second-order valence-electron chi connectivity index (χ2n) is 3.64. The molecular formula is C11H12Cl2N4. The normalized spacial score (nSPS) is 12.7. The minimum absolute atomic E-state index is 0.0581. The van der Waals surface area contributed by atoms with E-state index in [-0.39, 0.29) is 6.04 Å². The Labute approximate surface area is 110 Å². The maximum Gasteiger partial charge on any atom is 0.148 e. The molecule has 0 radical (unpaired) electrons. The fraction of sp³-hybridized carbons (Fsp3) is 0.273. The van der Waals surface area contributed by atoms with Crippen molar-refractivity contribution < 1.29 is 0 Å². The van der Waals surface area contributed by atoms with Crippen molar-refractivity contribution in [1.29, 1.82) is 0 Å². The van der Waals surface area contributed by atoms with Crippen LogP contribution in [0.5, 0.6) is 0 Å². The van der Waals surface area contributed by atoms with Crippen molar-refractivity contribution in [3.8, 4) is 0 Å². The Balaban J connectivity index is 2.42. The number of nitrogens with one attached hydrogen (secondary N) is 1. The largest absolute Gasteiger partial charge is 0.307 e. The number of aryl methyl sites for hydroxylation is 1. The second-order valence-corrected chi connectivity index (χ2v) is 4.45. The minimum atomic E-state index is -0.0581. The van der Waals surface area contributed by atoms with E-state index in [0.29, 0.717) is 10.0 Å². The molecule has 1 aromatic carbocycles. The summed E-state index contributed by atoms with van der Waals surface area (Å²) in [5, 5.41) is 8.32. The van der Waals surface area contributed by atoms with Crippen LogP contribution < -0.4 is 5.32 Å². The molecule has 0 aliphatic carbocycles. The zero-order valence-electron chi connectivity index (χ0n) is 9.48. The van der Waals surface area contributed by atoms with E-state index in [0.717, 1.165) is 11.4 Å². The Bertz CT molecular complexity index is 524. The fourth-order valence-corrected chi connectivity index (χ4v) is 2.01. The summed E-state index contributed by atoms with van der Waals surface area (Å²) in [6.45, 7) is 0. The van der Waals surface area contributed by atoms with E-state index < -0.39 is 0 Å². The molecular weight excluding hydrogens is 259 g/mol. The van der Waals surface area contributed by atoms with E-state index in [2.05, 4.69) is 15.4 Å². The molecule has 17 heavy (non-hydrogen) atoms. The summed E-state index contributed by atoms with van der Waals surface area (Å²) in [5.41, 5.74) is 0.998. The number of nitrogens with zero attached hydrogens (tertiary/aromatic N) is 3. The molecule has 2 aromatic rings. The molecule has 1 aromatic heterocycles. The van der Waals surface area contributed by atoms with Gasteiger partial charge in [-0.25, -0.2) is 4.98 Å². The van der Waals surface area contributed by atoms with Gasteiger partial charge in [0.1, 0.15) is 12.2 Å². The number of hydrogen-bond donors (Lipinski definition) is 1. The van der Waals surface area contributed by atoms with Crippen LogP contribution in [0.25, 0.3) is 0 Å². The molecule has 0 aliphatic heterocycles. The van der Waals surface area contributed by atoms with Crippen LogP contribution in [0.4, 0.5) is 0 Å². The van der Waals surface area contributed by atoms with E-state index in [1.165, 1.54) is 6.33 Å². The van der Waals surface area contributed by atoms with Gasteiger partial charge in [0.15, 0.2) is 0 Å². The molecule has 1 N–H and O–H groups in total. The first-order valence-electron chi connectivity index (χ1n) is 5.09. The quantitative estimate of drug-likeness (QED) is 0.932. The summed E-state index contributed by atoms with van der Waals surface area (Å²) in [6.07, 6.45) is 1.52. The Morgan fingerprint density at radius 1 is 1.29 bits per heavy atom. The van der Waals surface area contributed by atoms with Crippen LogP contribution >= 0.6 is 23.2 Å². The number of halogens is 2. The highest BCUT2D eigenvalue weighted by Crippen LogP contribution is 2.27. The zero-order valence-corrected chi connectivity index (χ0v) is 11.0. The van der Waals surface area contributed by atoms with Gasteiger partial charge >= 0.3 is 0 Å². The zero-order chi connectivity index (χ0) is 12.4. The maximum absolute atomic E-state index is 6.01. The van der Waals surface area contributed by atoms with Gasteiger partial charge in [-0.1, -0.05) is 29.3 Å². The van der Waals surface area contributed by atoms with Gasteiger partial charge in [-0.3, -0.25) is 4.68 Å². The topological polar surface area (TPSA) is 42.7 Å². The van der Waals surface area contributed by atoms with E-state index in [1.807, 2.05) is 26.2 Å². The maximum atomic E-state index is 6.01. The molecule has 0 bridgehead atoms. The van der Waals surface area contributed by atoms with Crippen LogP contribution in [0.3, 0.4) is 0 Å². The molecule has 0 saturated heterocycles. The van der Waals surface area contributed by atoms with Gasteiger partial charge in [0.25, 0.3) is 0 Å². The van der Waals surface area contributed by atoms with Crippen LogP contribution in [0.2, 0.25) is 10.0 Å². The smallest absolute Gasteiger partial charge is 0.148 e. The van der Waals surface area contributed by atoms with Crippen LogP contribution in [0.15, 0.2) is 24.5 Å². The van der Waals surface area contributed by atoms with Crippen LogP contribution in [0, 0.1) is 0 Å². The molecule has 0 aliphatic rings. The third kappa shape index (κ3) is 2.44. The number of benzene rings is 1. The van der Waals surface area contributed by atoms with Gasteiger partial charge < -0.3 is 5.32 Å². The fourth-order valence-electron chi connectivity index (χ4n) is 1.70. The van der Waals surface area contributed by atoms with Crippen molar-refractivity contribution in [2.75, 3.05) is 7.05 Å². The van der Waals surface area contributed by atoms with Gasteiger partial charge in [-0.15, -0.1) is 0 Å². The molecule has 0 amide bonds. The molecule has 6 heteroatoms. The van der Waals surface area contributed by atoms with E-state index in [4.69, 9.17) is 23.2 Å². The molecule has 4 nitrogen and oxygen atoms in total. The second kappa shape index (κ2) is 5.04. The van der Waals surface area contributed by atoms with Crippen LogP contribution in [-0.2, 0) is 7.05 Å². The highest BCUT2D eigenvalue weighted by molar-refractivity contribution is 6.42. The SMILES string of the molecule is CNC(c1ccc(Cl)c(Cl)c1)c1ncnn1C. The predicted octanol–water partition coefficient (Wildman–Crippen LogP) is 2.43. The summed E-state index contributed by atoms with van der Waals surface area (Å²) < 4.78 is 1.73. The van der Waals surface area contributed by atoms with Crippen LogP contribution in [0.1, 0.15) is 17.4 Å². The molecule has 0 spiro atoms. The number of rotatable bonds is 3. The summed E-state index contributed by atoms with van der Waals surface area (Å²) in [7, 11) is 3.71. The van der Waals surface area contributed by atoms with E-state index in [1.54, 1.807) is 10.7 Å². The lowest BCUT2D eigenvalue weighted by Gasteiger charge is -2.16. The van der Waals surface area contributed by atoms with Gasteiger partial charge in [-0.2, -0.15) is 5.10 Å². The van der Waals surface area contributed by atoms with E-state index >= 15 is 0 Å². The third-order valence-electron chi connectivity index (χ3n) is 2.57. The van der Waals surface area contributed by atoms with Crippen molar-refractivity contribution in [3.05, 3.63) is 46.0 Å². The average molecular weight is 271 g/mol. The lowest BCUT2D eigenvalue weighted by molar-refractivity contribution is 0.591. The predicted molar refractivity (Wildman–Crippen MR) is 68.4 cm³/mol. The Kier molecular flexibility index (Phi) is 3.66. The third-order valence-corrected chi connectivity index (χ3v) is 3.31. The van der Waals surface area contributed by atoms with Crippen molar-refractivity contribution in [3.63, 3.8) is 0 Å². The first-order chi connectivity index (χ1) is 8.13. The molecule has 1 atom stereocenters. The minimum Gasteiger partial charge on any atom is -0.307 e. The molecule has 1 heterocycles. The Hall–Kier alpha value is -1.10. The highest BCUT2D eigenvalue weighted by Gasteiger charge is 2.17. The first-order valence-corrected chi connectivity index (χ1v) is 5.85. The lowest BCUT2D eigenvalue weighted by atomic mass is 10.1. The summed E-state index contributed by atoms with van der Waals surface area (Å²) >= 11 is 11.9. The molecule has 0 saturated carbocycles. The first kappa shape index (κ1) is 12.4. The number of hydrogen-bond acceptors (Lipinski definition) is 3. The molecule has 1 unspecified atom stereocenters. The van der Waals surface area contributed by atoms with Crippen LogP contribution in [-0.4, -0.2) is 21.8 Å². The van der Waals surface area contributed by atoms with Gasteiger partial charge in [0, 0.05) is 7.05 Å². The Morgan fingerprint density at radius 2 is 2.06 bits per heavy atom. The van der Waals surface area contributed by atoms with Crippen molar-refractivity contribution in [1.82, 2.24) is 20.1 Å². The summed E-state index contributed by atoms with van der Waals surface area (Å²) in [4.78, 5) is 4.23. The summed E-state index contributed by atoms with van der Waals surface area (Å²) in [6, 6.07) is 5.47. The molecule has 2 rings (SSSR count). The van der Waals surface area contributed by atoms with Gasteiger partial charge in [-0.05, 0) is 24.7 Å².